The third-order valence-electron chi connectivity index (χ3n) is 4.48. The summed E-state index contributed by atoms with van der Waals surface area (Å²) in [5.41, 5.74) is 2.19. The van der Waals surface area contributed by atoms with Crippen LogP contribution < -0.4 is 15.5 Å². The molecule has 3 rings (SSSR count). The maximum atomic E-state index is 12.5. The molecule has 0 aromatic heterocycles. The van der Waals surface area contributed by atoms with Gasteiger partial charge in [0.2, 0.25) is 17.7 Å². The smallest absolute Gasteiger partial charge is 0.229 e. The Balaban J connectivity index is 1.61. The second-order valence-electron chi connectivity index (χ2n) is 6.42. The zero-order chi connectivity index (χ0) is 19.4. The molecule has 3 amide bonds. The number of likely N-dealkylation sites (N-methyl/N-ethyl adjacent to an activating group) is 1. The van der Waals surface area contributed by atoms with E-state index in [-0.39, 0.29) is 30.6 Å². The number of hydrogen-bond donors (Lipinski definition) is 2. The summed E-state index contributed by atoms with van der Waals surface area (Å²) < 4.78 is 0. The highest BCUT2D eigenvalue weighted by Gasteiger charge is 2.35. The Hall–Kier alpha value is -2.86. The van der Waals surface area contributed by atoms with E-state index in [1.54, 1.807) is 60.5 Å². The van der Waals surface area contributed by atoms with Crippen molar-refractivity contribution in [2.24, 2.45) is 5.92 Å². The standard InChI is InChI=1S/C20H20ClN3O3/c1-22-18(25)9-13-5-7-16(8-6-13)23-20(27)14-10-19(26)24(12-14)17-4-2-3-15(21)11-17/h2-8,11,14H,9-10,12H2,1H3,(H,22,25)(H,23,27). The van der Waals surface area contributed by atoms with Crippen molar-refractivity contribution >= 4 is 40.7 Å². The van der Waals surface area contributed by atoms with Crippen LogP contribution in [0.5, 0.6) is 0 Å². The van der Waals surface area contributed by atoms with Gasteiger partial charge < -0.3 is 15.5 Å². The lowest BCUT2D eigenvalue weighted by Gasteiger charge is -2.17. The van der Waals surface area contributed by atoms with Gasteiger partial charge in [0.25, 0.3) is 0 Å². The van der Waals surface area contributed by atoms with E-state index >= 15 is 0 Å². The third-order valence-corrected chi connectivity index (χ3v) is 4.72. The molecular formula is C20H20ClN3O3. The number of carbonyl (C=O) groups is 3. The molecule has 1 aliphatic rings. The lowest BCUT2D eigenvalue weighted by molar-refractivity contribution is -0.122. The third kappa shape index (κ3) is 4.65. The van der Waals surface area contributed by atoms with Gasteiger partial charge in [-0.15, -0.1) is 0 Å². The average molecular weight is 386 g/mol. The molecule has 1 heterocycles. The fourth-order valence-corrected chi connectivity index (χ4v) is 3.19. The average Bonchev–Trinajstić information content (AvgIpc) is 3.05. The number of hydrogen-bond acceptors (Lipinski definition) is 3. The summed E-state index contributed by atoms with van der Waals surface area (Å²) in [7, 11) is 1.59. The predicted octanol–water partition coefficient (Wildman–Crippen LogP) is 2.62. The van der Waals surface area contributed by atoms with Crippen molar-refractivity contribution in [1.82, 2.24) is 5.32 Å². The molecule has 0 spiro atoms. The lowest BCUT2D eigenvalue weighted by Crippen LogP contribution is -2.28. The van der Waals surface area contributed by atoms with Gasteiger partial charge >= 0.3 is 0 Å². The quantitative estimate of drug-likeness (QED) is 0.830. The van der Waals surface area contributed by atoms with E-state index in [1.165, 1.54) is 0 Å². The van der Waals surface area contributed by atoms with E-state index in [0.29, 0.717) is 22.9 Å². The molecule has 7 heteroatoms. The predicted molar refractivity (Wildman–Crippen MR) is 105 cm³/mol. The molecule has 0 aliphatic carbocycles. The van der Waals surface area contributed by atoms with Gasteiger partial charge in [-0.1, -0.05) is 29.8 Å². The number of rotatable bonds is 5. The Kier molecular flexibility index (Phi) is 5.76. The zero-order valence-corrected chi connectivity index (χ0v) is 15.6. The molecule has 2 N–H and O–H groups in total. The van der Waals surface area contributed by atoms with Crippen LogP contribution in [0.25, 0.3) is 0 Å². The summed E-state index contributed by atoms with van der Waals surface area (Å²) in [5.74, 6) is -0.801. The number of nitrogens with one attached hydrogen (secondary N) is 2. The van der Waals surface area contributed by atoms with E-state index in [0.717, 1.165) is 5.56 Å². The first-order valence-corrected chi connectivity index (χ1v) is 9.00. The van der Waals surface area contributed by atoms with Crippen molar-refractivity contribution in [1.29, 1.82) is 0 Å². The molecule has 27 heavy (non-hydrogen) atoms. The highest BCUT2D eigenvalue weighted by atomic mass is 35.5. The Morgan fingerprint density at radius 1 is 1.19 bits per heavy atom. The number of halogens is 1. The molecule has 1 atom stereocenters. The fourth-order valence-electron chi connectivity index (χ4n) is 3.00. The minimum Gasteiger partial charge on any atom is -0.359 e. The van der Waals surface area contributed by atoms with Crippen molar-refractivity contribution in [3.63, 3.8) is 0 Å². The van der Waals surface area contributed by atoms with E-state index in [4.69, 9.17) is 11.6 Å². The lowest BCUT2D eigenvalue weighted by atomic mass is 10.1. The molecule has 1 saturated heterocycles. The Labute approximate surface area is 162 Å². The second kappa shape index (κ2) is 8.22. The normalized spacial score (nSPS) is 16.3. The van der Waals surface area contributed by atoms with Gasteiger partial charge in [-0.25, -0.2) is 0 Å². The van der Waals surface area contributed by atoms with E-state index in [2.05, 4.69) is 10.6 Å². The number of benzene rings is 2. The first kappa shape index (κ1) is 18.9. The van der Waals surface area contributed by atoms with E-state index < -0.39 is 5.92 Å². The molecule has 140 valence electrons. The number of carbonyl (C=O) groups excluding carboxylic acids is 3. The summed E-state index contributed by atoms with van der Waals surface area (Å²) >= 11 is 5.99. The van der Waals surface area contributed by atoms with Gasteiger partial charge in [0.1, 0.15) is 0 Å². The summed E-state index contributed by atoms with van der Waals surface area (Å²) in [6, 6.07) is 14.1. The van der Waals surface area contributed by atoms with Crippen LogP contribution in [0.3, 0.4) is 0 Å². The molecule has 1 fully saturated rings. The van der Waals surface area contributed by atoms with Crippen LogP contribution in [0, 0.1) is 5.92 Å². The van der Waals surface area contributed by atoms with E-state index in [1.807, 2.05) is 0 Å². The number of amides is 3. The Morgan fingerprint density at radius 3 is 2.59 bits per heavy atom. The first-order valence-electron chi connectivity index (χ1n) is 8.62. The van der Waals surface area contributed by atoms with Gasteiger partial charge in [-0.05, 0) is 35.9 Å². The maximum Gasteiger partial charge on any atom is 0.229 e. The molecule has 2 aromatic carbocycles. The minimum absolute atomic E-state index is 0.0719. The van der Waals surface area contributed by atoms with Crippen molar-refractivity contribution < 1.29 is 14.4 Å². The molecule has 0 radical (unpaired) electrons. The Morgan fingerprint density at radius 2 is 1.93 bits per heavy atom. The highest BCUT2D eigenvalue weighted by molar-refractivity contribution is 6.31. The SMILES string of the molecule is CNC(=O)Cc1ccc(NC(=O)C2CC(=O)N(c3cccc(Cl)c3)C2)cc1. The molecule has 1 unspecified atom stereocenters. The molecule has 2 aromatic rings. The monoisotopic (exact) mass is 385 g/mol. The van der Waals surface area contributed by atoms with E-state index in [9.17, 15) is 14.4 Å². The van der Waals surface area contributed by atoms with Crippen molar-refractivity contribution in [2.45, 2.75) is 12.8 Å². The van der Waals surface area contributed by atoms with Crippen LogP contribution in [0.4, 0.5) is 11.4 Å². The summed E-state index contributed by atoms with van der Waals surface area (Å²) in [6.07, 6.45) is 0.448. The fraction of sp³-hybridized carbons (Fsp3) is 0.250. The number of nitrogens with zero attached hydrogens (tertiary/aromatic N) is 1. The minimum atomic E-state index is -0.429. The first-order chi connectivity index (χ1) is 13.0. The van der Waals surface area contributed by atoms with Gasteiger partial charge in [0.15, 0.2) is 0 Å². The van der Waals surface area contributed by atoms with Gasteiger partial charge in [-0.2, -0.15) is 0 Å². The topological polar surface area (TPSA) is 78.5 Å². The summed E-state index contributed by atoms with van der Waals surface area (Å²) in [6.45, 7) is 0.319. The zero-order valence-electron chi connectivity index (χ0n) is 14.9. The molecule has 6 nitrogen and oxygen atoms in total. The largest absolute Gasteiger partial charge is 0.359 e. The van der Waals surface area contributed by atoms with Crippen LogP contribution in [0.2, 0.25) is 5.02 Å². The van der Waals surface area contributed by atoms with Crippen LogP contribution in [-0.4, -0.2) is 31.3 Å². The van der Waals surface area contributed by atoms with Crippen molar-refractivity contribution in [2.75, 3.05) is 23.8 Å². The maximum absolute atomic E-state index is 12.5. The van der Waals surface area contributed by atoms with Gasteiger partial charge in [0.05, 0.1) is 12.3 Å². The molecule has 1 aliphatic heterocycles. The second-order valence-corrected chi connectivity index (χ2v) is 6.86. The van der Waals surface area contributed by atoms with Crippen molar-refractivity contribution in [3.8, 4) is 0 Å². The summed E-state index contributed by atoms with van der Waals surface area (Å²) in [4.78, 5) is 37.8. The van der Waals surface area contributed by atoms with Crippen LogP contribution in [-0.2, 0) is 20.8 Å². The van der Waals surface area contributed by atoms with Crippen LogP contribution in [0.15, 0.2) is 48.5 Å². The van der Waals surface area contributed by atoms with Crippen molar-refractivity contribution in [3.05, 3.63) is 59.1 Å². The van der Waals surface area contributed by atoms with Crippen LogP contribution >= 0.6 is 11.6 Å². The van der Waals surface area contributed by atoms with Gasteiger partial charge in [0, 0.05) is 36.4 Å². The highest BCUT2D eigenvalue weighted by Crippen LogP contribution is 2.27. The molecule has 0 saturated carbocycles. The summed E-state index contributed by atoms with van der Waals surface area (Å²) in [5, 5.41) is 5.95. The Bertz CT molecular complexity index is 867. The molecular weight excluding hydrogens is 366 g/mol. The van der Waals surface area contributed by atoms with Gasteiger partial charge in [-0.3, -0.25) is 14.4 Å². The molecule has 0 bridgehead atoms. The number of anilines is 2. The van der Waals surface area contributed by atoms with Crippen LogP contribution in [0.1, 0.15) is 12.0 Å².